The van der Waals surface area contributed by atoms with E-state index in [0.29, 0.717) is 6.54 Å². The maximum absolute atomic E-state index is 12.9. The van der Waals surface area contributed by atoms with Gasteiger partial charge < -0.3 is 16.0 Å². The quantitative estimate of drug-likeness (QED) is 0.662. The number of aryl methyl sites for hydroxylation is 1. The molecule has 144 valence electrons. The molecule has 1 aliphatic rings. The molecule has 1 saturated heterocycles. The number of carbonyl (C=O) groups is 1. The van der Waals surface area contributed by atoms with Gasteiger partial charge in [-0.15, -0.1) is 0 Å². The second-order valence-electron chi connectivity index (χ2n) is 6.70. The summed E-state index contributed by atoms with van der Waals surface area (Å²) in [5.41, 5.74) is 7.68. The molecular weight excluding hydrogens is 390 g/mol. The fraction of sp³-hybridized carbons (Fsp3) is 0.250. The average molecular weight is 412 g/mol. The van der Waals surface area contributed by atoms with Gasteiger partial charge in [0.15, 0.2) is 5.13 Å². The van der Waals surface area contributed by atoms with Crippen molar-refractivity contribution >= 4 is 40.0 Å². The van der Waals surface area contributed by atoms with E-state index >= 15 is 0 Å². The van der Waals surface area contributed by atoms with Gasteiger partial charge in [0.2, 0.25) is 0 Å². The molecule has 0 radical (unpaired) electrons. The van der Waals surface area contributed by atoms with Crippen molar-refractivity contribution in [3.63, 3.8) is 0 Å². The summed E-state index contributed by atoms with van der Waals surface area (Å²) in [5, 5.41) is 3.99. The van der Waals surface area contributed by atoms with Gasteiger partial charge in [-0.3, -0.25) is 4.79 Å². The Kier molecular flexibility index (Phi) is 5.61. The highest BCUT2D eigenvalue weighted by molar-refractivity contribution is 8.01. The Morgan fingerprint density at radius 2 is 2.21 bits per heavy atom. The summed E-state index contributed by atoms with van der Waals surface area (Å²) in [6, 6.07) is 11.8. The van der Waals surface area contributed by atoms with Crippen LogP contribution in [0.25, 0.3) is 0 Å². The van der Waals surface area contributed by atoms with Crippen molar-refractivity contribution in [3.05, 3.63) is 59.9 Å². The Morgan fingerprint density at radius 1 is 1.32 bits per heavy atom. The van der Waals surface area contributed by atoms with Crippen LogP contribution in [0.1, 0.15) is 22.3 Å². The number of nitrogens with one attached hydrogen (secondary N) is 1. The van der Waals surface area contributed by atoms with Crippen LogP contribution in [0.3, 0.4) is 0 Å². The van der Waals surface area contributed by atoms with E-state index in [1.165, 1.54) is 0 Å². The van der Waals surface area contributed by atoms with Crippen LogP contribution < -0.4 is 11.1 Å². The highest BCUT2D eigenvalue weighted by Gasteiger charge is 2.25. The van der Waals surface area contributed by atoms with Crippen LogP contribution in [0.2, 0.25) is 0 Å². The lowest BCUT2D eigenvalue weighted by molar-refractivity contribution is 0.0790. The molecule has 8 heteroatoms. The molecular formula is C20H21N5OS2. The number of benzene rings is 1. The number of amides is 1. The first-order valence-corrected chi connectivity index (χ1v) is 10.7. The number of aromatic nitrogens is 2. The Bertz CT molecular complexity index is 976. The number of anilines is 2. The second-order valence-corrected chi connectivity index (χ2v) is 9.11. The summed E-state index contributed by atoms with van der Waals surface area (Å²) < 4.78 is 1.05. The smallest absolute Gasteiger partial charge is 0.254 e. The van der Waals surface area contributed by atoms with Crippen molar-refractivity contribution in [1.82, 2.24) is 14.9 Å². The van der Waals surface area contributed by atoms with Crippen LogP contribution in [-0.4, -0.2) is 39.9 Å². The van der Waals surface area contributed by atoms with Crippen LogP contribution in [0.4, 0.5) is 10.9 Å². The van der Waals surface area contributed by atoms with Gasteiger partial charge in [0.1, 0.15) is 5.82 Å². The van der Waals surface area contributed by atoms with Gasteiger partial charge in [-0.05, 0) is 43.2 Å². The van der Waals surface area contributed by atoms with Crippen molar-refractivity contribution in [2.24, 2.45) is 5.73 Å². The number of nitrogens with two attached hydrogens (primary N) is 1. The SMILES string of the molecule is Cc1ccc(Sc2cnc(Nc3ccccn3)s2)cc1C(=O)N1CCC(N)C1. The standard InChI is InChI=1S/C20H21N5OS2/c1-13-5-6-15(10-16(13)19(26)25-9-7-14(21)12-25)27-18-11-23-20(28-18)24-17-4-2-3-8-22-17/h2-6,8,10-11,14H,7,9,12,21H2,1H3,(H,22,23,24). The zero-order valence-corrected chi connectivity index (χ0v) is 17.1. The summed E-state index contributed by atoms with van der Waals surface area (Å²) in [6.07, 6.45) is 4.44. The maximum Gasteiger partial charge on any atom is 0.254 e. The van der Waals surface area contributed by atoms with Gasteiger partial charge in [0.25, 0.3) is 5.91 Å². The van der Waals surface area contributed by atoms with E-state index < -0.39 is 0 Å². The Morgan fingerprint density at radius 3 is 2.96 bits per heavy atom. The van der Waals surface area contributed by atoms with Crippen molar-refractivity contribution in [2.75, 3.05) is 18.4 Å². The minimum Gasteiger partial charge on any atom is -0.337 e. The molecule has 0 saturated carbocycles. The van der Waals surface area contributed by atoms with Crippen molar-refractivity contribution in [2.45, 2.75) is 28.5 Å². The molecule has 28 heavy (non-hydrogen) atoms. The van der Waals surface area contributed by atoms with Gasteiger partial charge in [-0.2, -0.15) is 0 Å². The van der Waals surface area contributed by atoms with Gasteiger partial charge >= 0.3 is 0 Å². The molecule has 6 nitrogen and oxygen atoms in total. The fourth-order valence-corrected chi connectivity index (χ4v) is 4.96. The van der Waals surface area contributed by atoms with Gasteiger partial charge in [0, 0.05) is 35.8 Å². The predicted molar refractivity (Wildman–Crippen MR) is 113 cm³/mol. The molecule has 0 aliphatic carbocycles. The summed E-state index contributed by atoms with van der Waals surface area (Å²) in [7, 11) is 0. The molecule has 1 aliphatic heterocycles. The lowest BCUT2D eigenvalue weighted by Gasteiger charge is -2.17. The van der Waals surface area contributed by atoms with Crippen LogP contribution in [0.15, 0.2) is 57.9 Å². The minimum absolute atomic E-state index is 0.0645. The third-order valence-electron chi connectivity index (χ3n) is 4.55. The van der Waals surface area contributed by atoms with E-state index in [2.05, 4.69) is 15.3 Å². The Balaban J connectivity index is 1.47. The van der Waals surface area contributed by atoms with Crippen LogP contribution in [-0.2, 0) is 0 Å². The van der Waals surface area contributed by atoms with E-state index in [0.717, 1.165) is 44.1 Å². The number of pyridine rings is 1. The molecule has 1 atom stereocenters. The predicted octanol–water partition coefficient (Wildman–Crippen LogP) is 3.91. The molecule has 1 fully saturated rings. The van der Waals surface area contributed by atoms with Crippen LogP contribution >= 0.6 is 23.1 Å². The normalized spacial score (nSPS) is 16.4. The molecule has 1 unspecified atom stereocenters. The molecule has 0 spiro atoms. The van der Waals surface area contributed by atoms with Crippen LogP contribution in [0, 0.1) is 6.92 Å². The van der Waals surface area contributed by atoms with E-state index in [9.17, 15) is 4.79 Å². The monoisotopic (exact) mass is 411 g/mol. The highest BCUT2D eigenvalue weighted by Crippen LogP contribution is 2.35. The zero-order valence-electron chi connectivity index (χ0n) is 15.5. The van der Waals surface area contributed by atoms with E-state index in [1.54, 1.807) is 29.3 Å². The largest absolute Gasteiger partial charge is 0.337 e. The number of nitrogens with zero attached hydrogens (tertiary/aromatic N) is 3. The maximum atomic E-state index is 12.9. The number of carbonyl (C=O) groups excluding carboxylic acids is 1. The van der Waals surface area contributed by atoms with Gasteiger partial charge in [-0.25, -0.2) is 9.97 Å². The number of rotatable bonds is 5. The summed E-state index contributed by atoms with van der Waals surface area (Å²) in [4.78, 5) is 24.4. The third-order valence-corrected chi connectivity index (χ3v) is 6.56. The minimum atomic E-state index is 0.0645. The summed E-state index contributed by atoms with van der Waals surface area (Å²) in [6.45, 7) is 3.33. The summed E-state index contributed by atoms with van der Waals surface area (Å²) >= 11 is 3.16. The van der Waals surface area contributed by atoms with E-state index in [-0.39, 0.29) is 11.9 Å². The third kappa shape index (κ3) is 4.35. The Labute approximate surface area is 172 Å². The first-order chi connectivity index (χ1) is 13.6. The number of hydrogen-bond acceptors (Lipinski definition) is 7. The van der Waals surface area contributed by atoms with Crippen molar-refractivity contribution in [1.29, 1.82) is 0 Å². The Hall–Kier alpha value is -2.42. The number of thiazole rings is 1. The number of likely N-dealkylation sites (tertiary alicyclic amines) is 1. The molecule has 3 N–H and O–H groups in total. The second kappa shape index (κ2) is 8.30. The highest BCUT2D eigenvalue weighted by atomic mass is 32.2. The van der Waals surface area contributed by atoms with Gasteiger partial charge in [-0.1, -0.05) is 35.2 Å². The van der Waals surface area contributed by atoms with E-state index in [4.69, 9.17) is 5.73 Å². The lowest BCUT2D eigenvalue weighted by atomic mass is 10.1. The lowest BCUT2D eigenvalue weighted by Crippen LogP contribution is -2.32. The molecule has 0 bridgehead atoms. The average Bonchev–Trinajstić information content (AvgIpc) is 3.32. The molecule has 1 aromatic carbocycles. The molecule has 1 amide bonds. The first kappa shape index (κ1) is 18.9. The zero-order chi connectivity index (χ0) is 19.5. The van der Waals surface area contributed by atoms with E-state index in [1.807, 2.05) is 54.4 Å². The van der Waals surface area contributed by atoms with Crippen molar-refractivity contribution < 1.29 is 4.79 Å². The molecule has 2 aromatic heterocycles. The first-order valence-electron chi connectivity index (χ1n) is 9.06. The number of hydrogen-bond donors (Lipinski definition) is 2. The topological polar surface area (TPSA) is 84.1 Å². The van der Waals surface area contributed by atoms with Crippen molar-refractivity contribution in [3.8, 4) is 0 Å². The molecule has 4 rings (SSSR count). The summed E-state index contributed by atoms with van der Waals surface area (Å²) in [5.74, 6) is 0.829. The van der Waals surface area contributed by atoms with Gasteiger partial charge in [0.05, 0.1) is 10.4 Å². The molecule has 3 heterocycles. The molecule has 3 aromatic rings. The van der Waals surface area contributed by atoms with Crippen LogP contribution in [0.5, 0.6) is 0 Å². The fourth-order valence-electron chi connectivity index (χ4n) is 3.06.